The van der Waals surface area contributed by atoms with E-state index in [1.807, 2.05) is 6.07 Å². The van der Waals surface area contributed by atoms with Crippen molar-refractivity contribution in [1.82, 2.24) is 9.80 Å². The second kappa shape index (κ2) is 8.13. The number of rotatable bonds is 3. The maximum atomic E-state index is 14.7. The molecule has 10 heteroatoms. The van der Waals surface area contributed by atoms with Gasteiger partial charge in [-0.25, -0.2) is 9.18 Å². The Bertz CT molecular complexity index is 1150. The van der Waals surface area contributed by atoms with E-state index in [2.05, 4.69) is 0 Å². The van der Waals surface area contributed by atoms with Gasteiger partial charge in [-0.1, -0.05) is 23.7 Å². The van der Waals surface area contributed by atoms with Crippen molar-refractivity contribution in [3.05, 3.63) is 64.4 Å². The lowest BCUT2D eigenvalue weighted by molar-refractivity contribution is -0.151. The van der Waals surface area contributed by atoms with Crippen LogP contribution in [-0.4, -0.2) is 58.0 Å². The Morgan fingerprint density at radius 1 is 1.22 bits per heavy atom. The van der Waals surface area contributed by atoms with Crippen molar-refractivity contribution in [2.45, 2.75) is 18.5 Å². The van der Waals surface area contributed by atoms with E-state index in [4.69, 9.17) is 16.9 Å². The lowest BCUT2D eigenvalue weighted by Gasteiger charge is -2.47. The molecule has 1 spiro atoms. The minimum atomic E-state index is -1.46. The molecule has 2 heterocycles. The third-order valence-corrected chi connectivity index (χ3v) is 6.15. The first-order chi connectivity index (χ1) is 15.2. The van der Waals surface area contributed by atoms with Crippen molar-refractivity contribution < 1.29 is 23.9 Å². The van der Waals surface area contributed by atoms with Gasteiger partial charge < -0.3 is 14.9 Å². The molecular formula is C22H18ClFN4O4. The van der Waals surface area contributed by atoms with Crippen LogP contribution < -0.4 is 4.90 Å². The molecule has 0 unspecified atom stereocenters. The van der Waals surface area contributed by atoms with Crippen LogP contribution in [0.5, 0.6) is 0 Å². The number of hydrogen-bond donors (Lipinski definition) is 1. The molecule has 164 valence electrons. The molecule has 0 radical (unpaired) electrons. The summed E-state index contributed by atoms with van der Waals surface area (Å²) in [5.74, 6) is -1.80. The number of carbonyl (C=O) groups excluding carboxylic acids is 2. The Morgan fingerprint density at radius 3 is 2.53 bits per heavy atom. The Labute approximate surface area is 188 Å². The van der Waals surface area contributed by atoms with Crippen molar-refractivity contribution in [1.29, 1.82) is 5.26 Å². The number of benzene rings is 2. The topological polar surface area (TPSA) is 105 Å². The summed E-state index contributed by atoms with van der Waals surface area (Å²) in [6.07, 6.45) is -1.11. The average molecular weight is 457 g/mol. The molecule has 4 rings (SSSR count). The van der Waals surface area contributed by atoms with Crippen molar-refractivity contribution in [3.8, 4) is 6.07 Å². The van der Waals surface area contributed by atoms with Gasteiger partial charge in [0, 0.05) is 18.1 Å². The van der Waals surface area contributed by atoms with Crippen LogP contribution in [0.4, 0.5) is 14.9 Å². The Kier molecular flexibility index (Phi) is 5.48. The molecule has 8 nitrogen and oxygen atoms in total. The van der Waals surface area contributed by atoms with Gasteiger partial charge in [0.2, 0.25) is 5.91 Å². The molecule has 2 fully saturated rings. The summed E-state index contributed by atoms with van der Waals surface area (Å²) < 4.78 is 14.7. The lowest BCUT2D eigenvalue weighted by Crippen LogP contribution is -2.69. The van der Waals surface area contributed by atoms with Gasteiger partial charge in [-0.2, -0.15) is 5.26 Å². The smallest absolute Gasteiger partial charge is 0.407 e. The molecule has 2 aliphatic rings. The Balaban J connectivity index is 1.74. The van der Waals surface area contributed by atoms with E-state index in [1.165, 1.54) is 17.0 Å². The first-order valence-corrected chi connectivity index (χ1v) is 10.2. The van der Waals surface area contributed by atoms with Gasteiger partial charge >= 0.3 is 6.09 Å². The highest BCUT2D eigenvalue weighted by molar-refractivity contribution is 6.30. The molecule has 1 N–H and O–H groups in total. The van der Waals surface area contributed by atoms with Gasteiger partial charge in [0.25, 0.3) is 5.91 Å². The number of piperazine rings is 1. The summed E-state index contributed by atoms with van der Waals surface area (Å²) in [5, 5.41) is 19.0. The molecule has 0 bridgehead atoms. The van der Waals surface area contributed by atoms with Crippen LogP contribution in [0.15, 0.2) is 42.5 Å². The van der Waals surface area contributed by atoms with E-state index < -0.39 is 35.8 Å². The van der Waals surface area contributed by atoms with Crippen LogP contribution in [0.25, 0.3) is 0 Å². The molecule has 1 atom stereocenters. The van der Waals surface area contributed by atoms with Gasteiger partial charge in [-0.15, -0.1) is 0 Å². The maximum absolute atomic E-state index is 14.7. The zero-order chi connectivity index (χ0) is 23.0. The van der Waals surface area contributed by atoms with Crippen molar-refractivity contribution in [3.63, 3.8) is 0 Å². The summed E-state index contributed by atoms with van der Waals surface area (Å²) in [5.41, 5.74) is -0.782. The fourth-order valence-electron chi connectivity index (χ4n) is 4.25. The zero-order valence-corrected chi connectivity index (χ0v) is 17.5. The average Bonchev–Trinajstić information content (AvgIpc) is 3.22. The molecule has 2 saturated heterocycles. The largest absolute Gasteiger partial charge is 0.465 e. The number of carbonyl (C=O) groups is 3. The van der Waals surface area contributed by atoms with Gasteiger partial charge in [-0.3, -0.25) is 14.5 Å². The predicted molar refractivity (Wildman–Crippen MR) is 112 cm³/mol. The highest BCUT2D eigenvalue weighted by Crippen LogP contribution is 2.37. The van der Waals surface area contributed by atoms with Gasteiger partial charge in [-0.05, 0) is 42.3 Å². The summed E-state index contributed by atoms with van der Waals surface area (Å²) in [4.78, 5) is 42.0. The van der Waals surface area contributed by atoms with Gasteiger partial charge in [0.1, 0.15) is 17.9 Å². The fourth-order valence-corrected chi connectivity index (χ4v) is 4.38. The molecule has 0 saturated carbocycles. The van der Waals surface area contributed by atoms with Crippen molar-refractivity contribution >= 4 is 35.2 Å². The highest BCUT2D eigenvalue weighted by atomic mass is 35.5. The third kappa shape index (κ3) is 3.63. The number of carboxylic acid groups (broad SMARTS) is 1. The lowest BCUT2D eigenvalue weighted by atomic mass is 9.90. The number of nitriles is 1. The molecule has 2 aromatic rings. The monoisotopic (exact) mass is 456 g/mol. The van der Waals surface area contributed by atoms with E-state index in [9.17, 15) is 23.9 Å². The summed E-state index contributed by atoms with van der Waals surface area (Å²) >= 11 is 5.94. The normalized spacial score (nSPS) is 20.7. The second-order valence-corrected chi connectivity index (χ2v) is 8.20. The van der Waals surface area contributed by atoms with Gasteiger partial charge in [0.05, 0.1) is 23.9 Å². The van der Waals surface area contributed by atoms with E-state index >= 15 is 0 Å². The van der Waals surface area contributed by atoms with Crippen molar-refractivity contribution in [2.24, 2.45) is 0 Å². The molecule has 2 aliphatic heterocycles. The first kappa shape index (κ1) is 21.6. The SMILES string of the molecule is N#Cc1ccc(N2CC(=O)N(Cc3ccc(Cl)cc3)[C@@]3(CCN(C(=O)O)C3)C2=O)c(F)c1. The van der Waals surface area contributed by atoms with Gasteiger partial charge in [0.15, 0.2) is 0 Å². The number of hydrogen-bond acceptors (Lipinski definition) is 4. The van der Waals surface area contributed by atoms with Crippen molar-refractivity contribution in [2.75, 3.05) is 24.5 Å². The summed E-state index contributed by atoms with van der Waals surface area (Å²) in [6, 6.07) is 12.2. The Hall–Kier alpha value is -3.64. The van der Waals surface area contributed by atoms with Crippen LogP contribution in [0.3, 0.4) is 0 Å². The summed E-state index contributed by atoms with van der Waals surface area (Å²) in [6.45, 7) is -0.465. The highest BCUT2D eigenvalue weighted by Gasteiger charge is 2.57. The zero-order valence-electron chi connectivity index (χ0n) is 16.8. The molecule has 2 aromatic carbocycles. The number of likely N-dealkylation sites (tertiary alicyclic amines) is 1. The first-order valence-electron chi connectivity index (χ1n) is 9.79. The maximum Gasteiger partial charge on any atom is 0.407 e. The molecule has 0 aliphatic carbocycles. The molecule has 32 heavy (non-hydrogen) atoms. The van der Waals surface area contributed by atoms with E-state index in [-0.39, 0.29) is 37.3 Å². The van der Waals surface area contributed by atoms with E-state index in [0.717, 1.165) is 21.4 Å². The predicted octanol–water partition coefficient (Wildman–Crippen LogP) is 2.85. The van der Waals surface area contributed by atoms with E-state index in [1.54, 1.807) is 24.3 Å². The molecule has 0 aromatic heterocycles. The minimum Gasteiger partial charge on any atom is -0.465 e. The Morgan fingerprint density at radius 2 is 1.94 bits per heavy atom. The number of halogens is 2. The molecule has 3 amide bonds. The molecular weight excluding hydrogens is 439 g/mol. The third-order valence-electron chi connectivity index (χ3n) is 5.89. The number of nitrogens with zero attached hydrogens (tertiary/aromatic N) is 4. The number of amides is 3. The quantitative estimate of drug-likeness (QED) is 0.764. The van der Waals surface area contributed by atoms with E-state index in [0.29, 0.717) is 5.02 Å². The van der Waals surface area contributed by atoms with Crippen LogP contribution >= 0.6 is 11.6 Å². The second-order valence-electron chi connectivity index (χ2n) is 7.76. The minimum absolute atomic E-state index is 0.0646. The van der Waals surface area contributed by atoms with Crippen LogP contribution in [0, 0.1) is 17.1 Å². The number of anilines is 1. The van der Waals surface area contributed by atoms with Crippen LogP contribution in [0.1, 0.15) is 17.5 Å². The standard InChI is InChI=1S/C22H18ClFN4O4/c23-16-4-1-14(2-5-16)11-28-19(29)12-27(18-6-3-15(10-25)9-17(18)24)20(30)22(28)7-8-26(13-22)21(31)32/h1-6,9H,7-8,11-13H2,(H,31,32)/t22-/m1/s1. The fraction of sp³-hybridized carbons (Fsp3) is 0.273. The van der Waals surface area contributed by atoms with Crippen LogP contribution in [-0.2, 0) is 16.1 Å². The summed E-state index contributed by atoms with van der Waals surface area (Å²) in [7, 11) is 0. The van der Waals surface area contributed by atoms with Crippen LogP contribution in [0.2, 0.25) is 5.02 Å².